The Kier molecular flexibility index (Phi) is 8.46. The summed E-state index contributed by atoms with van der Waals surface area (Å²) in [6, 6.07) is 11.7. The van der Waals surface area contributed by atoms with Gasteiger partial charge in [0.25, 0.3) is 0 Å². The van der Waals surface area contributed by atoms with Crippen molar-refractivity contribution in [2.75, 3.05) is 0 Å². The first kappa shape index (κ1) is 23.5. The SMILES string of the molecule is C[Si](c1ccccc1)=[Hf+2]([CH]1CCC2C=CC=CC21)[CH]1CCC2C=CC=CC21.[Cl-].[Cl-]. The minimum Gasteiger partial charge on any atom is -1.00 e. The summed E-state index contributed by atoms with van der Waals surface area (Å²) in [6.07, 6.45) is 25.5. The third kappa shape index (κ3) is 4.56. The van der Waals surface area contributed by atoms with E-state index in [1.165, 1.54) is 25.7 Å². The largest absolute Gasteiger partial charge is 1.00 e. The second kappa shape index (κ2) is 10.4. The van der Waals surface area contributed by atoms with E-state index in [9.17, 15) is 0 Å². The molecule has 0 nitrogen and oxygen atoms in total. The van der Waals surface area contributed by atoms with Crippen LogP contribution in [0.5, 0.6) is 0 Å². The van der Waals surface area contributed by atoms with E-state index in [0.29, 0.717) is 0 Å². The van der Waals surface area contributed by atoms with Gasteiger partial charge in [0.1, 0.15) is 0 Å². The molecule has 4 heteroatoms. The summed E-state index contributed by atoms with van der Waals surface area (Å²) in [5.41, 5.74) is -0.373. The fraction of sp³-hybridized carbons (Fsp3) is 0.440. The van der Waals surface area contributed by atoms with Gasteiger partial charge < -0.3 is 24.8 Å². The molecule has 6 atom stereocenters. The summed E-state index contributed by atoms with van der Waals surface area (Å²) in [5.74, 6) is 3.46. The Labute approximate surface area is 196 Å². The van der Waals surface area contributed by atoms with Gasteiger partial charge in [-0.15, -0.1) is 0 Å². The van der Waals surface area contributed by atoms with Gasteiger partial charge in [-0.2, -0.15) is 0 Å². The van der Waals surface area contributed by atoms with Gasteiger partial charge in [-0.25, -0.2) is 0 Å². The molecule has 0 spiro atoms. The zero-order chi connectivity index (χ0) is 18.2. The molecule has 0 amide bonds. The van der Waals surface area contributed by atoms with Crippen molar-refractivity contribution in [3.05, 3.63) is 78.9 Å². The molecular weight excluding hydrogens is 578 g/mol. The summed E-state index contributed by atoms with van der Waals surface area (Å²) in [5, 5.41) is 1.74. The number of allylic oxidation sites excluding steroid dienone is 8. The molecule has 152 valence electrons. The fourth-order valence-electron chi connectivity index (χ4n) is 6.32. The topological polar surface area (TPSA) is 0 Å². The van der Waals surface area contributed by atoms with Crippen LogP contribution in [0.4, 0.5) is 0 Å². The number of halogens is 2. The molecular formula is C25H30Cl2HfSi. The molecule has 2 saturated carbocycles. The van der Waals surface area contributed by atoms with Crippen LogP contribution < -0.4 is 30.0 Å². The van der Waals surface area contributed by atoms with Crippen LogP contribution in [0.1, 0.15) is 25.7 Å². The minimum absolute atomic E-state index is 0. The van der Waals surface area contributed by atoms with Crippen LogP contribution in [0.25, 0.3) is 0 Å². The maximum atomic E-state index is 2.72. The molecule has 6 unspecified atom stereocenters. The standard InChI is InChI=1S/2C9H11.C7H8Si.2ClH.Hf/c2*1-2-5-9-7-3-6-8(9)4-1;1-8-7-5-3-2-4-6-7;;;/h2*1-2,4-6,8-9H,3,7H2;2-6H,1H3;2*1H;/q;;;;;+2/p-2. The van der Waals surface area contributed by atoms with Gasteiger partial charge >= 0.3 is 173 Å². The van der Waals surface area contributed by atoms with E-state index in [4.69, 9.17) is 0 Å². The average Bonchev–Trinajstić information content (AvgIpc) is 3.34. The fourth-order valence-corrected chi connectivity index (χ4v) is 42.3. The van der Waals surface area contributed by atoms with Crippen molar-refractivity contribution in [3.8, 4) is 0 Å². The second-order valence-electron chi connectivity index (χ2n) is 8.84. The molecule has 0 aromatic heterocycles. The summed E-state index contributed by atoms with van der Waals surface area (Å²) in [4.78, 5) is 0. The maximum Gasteiger partial charge on any atom is -1.00 e. The van der Waals surface area contributed by atoms with Crippen molar-refractivity contribution in [1.29, 1.82) is 0 Å². The Balaban J connectivity index is 0.00000120. The van der Waals surface area contributed by atoms with Gasteiger partial charge in [0.05, 0.1) is 0 Å². The summed E-state index contributed by atoms with van der Waals surface area (Å²) in [6.45, 7) is 2.72. The van der Waals surface area contributed by atoms with E-state index in [0.717, 1.165) is 31.0 Å². The van der Waals surface area contributed by atoms with E-state index in [2.05, 4.69) is 85.5 Å². The molecule has 29 heavy (non-hydrogen) atoms. The molecule has 0 saturated heterocycles. The molecule has 0 bridgehead atoms. The van der Waals surface area contributed by atoms with E-state index in [-0.39, 0.29) is 30.3 Å². The van der Waals surface area contributed by atoms with Gasteiger partial charge in [-0.05, 0) is 0 Å². The molecule has 0 N–H and O–H groups in total. The Morgan fingerprint density at radius 1 is 0.690 bits per heavy atom. The number of rotatable bonds is 3. The molecule has 5 rings (SSSR count). The summed E-state index contributed by atoms with van der Waals surface area (Å²) < 4.78 is 2.17. The van der Waals surface area contributed by atoms with E-state index >= 15 is 0 Å². The normalized spacial score (nSPS) is 33.1. The molecule has 0 radical (unpaired) electrons. The van der Waals surface area contributed by atoms with Crippen LogP contribution in [0.15, 0.2) is 78.9 Å². The number of hydrogen-bond donors (Lipinski definition) is 0. The smallest absolute Gasteiger partial charge is 1.00 e. The van der Waals surface area contributed by atoms with E-state index < -0.39 is 20.1 Å². The maximum absolute atomic E-state index is 2.72. The number of benzene rings is 1. The Hall–Kier alpha value is -0.153. The third-order valence-electron chi connectivity index (χ3n) is 7.58. The van der Waals surface area contributed by atoms with Crippen molar-refractivity contribution in [2.45, 2.75) is 39.6 Å². The number of fused-ring (bicyclic) bond motifs is 2. The van der Waals surface area contributed by atoms with E-state index in [1.807, 2.05) is 0 Å². The Morgan fingerprint density at radius 2 is 1.17 bits per heavy atom. The average molecular weight is 608 g/mol. The summed E-state index contributed by atoms with van der Waals surface area (Å²) in [7, 11) is 0. The van der Waals surface area contributed by atoms with Gasteiger partial charge in [-0.1, -0.05) is 0 Å². The zero-order valence-corrected chi connectivity index (χ0v) is 23.2. The molecule has 2 fully saturated rings. The molecule has 1 aromatic carbocycles. The Bertz CT molecular complexity index is 809. The van der Waals surface area contributed by atoms with E-state index in [1.54, 1.807) is 5.19 Å². The van der Waals surface area contributed by atoms with Crippen LogP contribution in [0.3, 0.4) is 0 Å². The first-order chi connectivity index (χ1) is 13.3. The van der Waals surface area contributed by atoms with Crippen LogP contribution in [-0.2, 0) is 20.1 Å². The van der Waals surface area contributed by atoms with Crippen molar-refractivity contribution < 1.29 is 44.9 Å². The van der Waals surface area contributed by atoms with Crippen molar-refractivity contribution in [3.63, 3.8) is 0 Å². The quantitative estimate of drug-likeness (QED) is 0.426. The third-order valence-corrected chi connectivity index (χ3v) is 38.7. The Morgan fingerprint density at radius 3 is 1.69 bits per heavy atom. The second-order valence-corrected chi connectivity index (χ2v) is 32.1. The van der Waals surface area contributed by atoms with Crippen molar-refractivity contribution >= 4 is 10.7 Å². The monoisotopic (exact) mass is 608 g/mol. The molecule has 0 aliphatic heterocycles. The minimum atomic E-state index is -1.88. The van der Waals surface area contributed by atoms with Gasteiger partial charge in [0, 0.05) is 0 Å². The molecule has 0 heterocycles. The van der Waals surface area contributed by atoms with Gasteiger partial charge in [-0.3, -0.25) is 0 Å². The zero-order valence-electron chi connectivity index (χ0n) is 17.1. The number of hydrogen-bond acceptors (Lipinski definition) is 0. The van der Waals surface area contributed by atoms with Gasteiger partial charge in [0.2, 0.25) is 0 Å². The molecule has 4 aliphatic carbocycles. The molecule has 1 aromatic rings. The summed E-state index contributed by atoms with van der Waals surface area (Å²) >= 11 is -1.88. The first-order valence-corrected chi connectivity index (χ1v) is 22.3. The van der Waals surface area contributed by atoms with Crippen LogP contribution in [0.2, 0.25) is 13.9 Å². The van der Waals surface area contributed by atoms with Crippen molar-refractivity contribution in [1.82, 2.24) is 0 Å². The van der Waals surface area contributed by atoms with Gasteiger partial charge in [0.15, 0.2) is 0 Å². The first-order valence-electron chi connectivity index (χ1n) is 10.8. The van der Waals surface area contributed by atoms with Crippen LogP contribution >= 0.6 is 0 Å². The van der Waals surface area contributed by atoms with Crippen LogP contribution in [-0.4, -0.2) is 5.49 Å². The van der Waals surface area contributed by atoms with Crippen LogP contribution in [0, 0.1) is 23.7 Å². The predicted molar refractivity (Wildman–Crippen MR) is 114 cm³/mol. The molecule has 4 aliphatic rings. The predicted octanol–water partition coefficient (Wildman–Crippen LogP) is 0.0225. The van der Waals surface area contributed by atoms with Crippen molar-refractivity contribution in [2.24, 2.45) is 23.7 Å².